The normalized spacial score (nSPS) is 15.4. The average Bonchev–Trinajstić information content (AvgIpc) is 3.12. The number of anilines is 1. The summed E-state index contributed by atoms with van der Waals surface area (Å²) in [6.07, 6.45) is 1.72. The minimum atomic E-state index is -3.49. The molecule has 10 heteroatoms. The number of nitrogens with one attached hydrogen (secondary N) is 1. The molecular formula is C21H23ClN4O4S. The molecule has 1 aliphatic rings. The van der Waals surface area contributed by atoms with Gasteiger partial charge in [0.15, 0.2) is 11.3 Å². The van der Waals surface area contributed by atoms with Crippen LogP contribution in [0.25, 0.3) is 11.0 Å². The third kappa shape index (κ3) is 4.53. The van der Waals surface area contributed by atoms with Crippen molar-refractivity contribution in [3.05, 3.63) is 58.9 Å². The molecule has 2 aromatic heterocycles. The van der Waals surface area contributed by atoms with Gasteiger partial charge in [-0.15, -0.1) is 0 Å². The Morgan fingerprint density at radius 1 is 1.16 bits per heavy atom. The first-order valence-electron chi connectivity index (χ1n) is 9.96. The molecule has 0 spiro atoms. The number of pyridine rings is 1. The summed E-state index contributed by atoms with van der Waals surface area (Å²) >= 11 is 6.13. The van der Waals surface area contributed by atoms with Crippen molar-refractivity contribution in [1.82, 2.24) is 14.6 Å². The summed E-state index contributed by atoms with van der Waals surface area (Å²) in [6.45, 7) is 3.67. The first-order chi connectivity index (χ1) is 14.9. The third-order valence-electron chi connectivity index (χ3n) is 5.37. The summed E-state index contributed by atoms with van der Waals surface area (Å²) in [5.74, 6) is 0.347. The van der Waals surface area contributed by atoms with Gasteiger partial charge in [-0.25, -0.2) is 13.4 Å². The van der Waals surface area contributed by atoms with E-state index < -0.39 is 15.9 Å². The number of sulfonamides is 1. The van der Waals surface area contributed by atoms with Gasteiger partial charge in [-0.1, -0.05) is 29.8 Å². The van der Waals surface area contributed by atoms with E-state index in [-0.39, 0.29) is 18.1 Å². The number of fused-ring (bicyclic) bond motifs is 1. The van der Waals surface area contributed by atoms with Gasteiger partial charge in [0.25, 0.3) is 5.91 Å². The van der Waals surface area contributed by atoms with Crippen LogP contribution in [0.2, 0.25) is 5.02 Å². The molecule has 164 valence electrons. The minimum absolute atomic E-state index is 0.00810. The molecule has 0 atom stereocenters. The smallest absolute Gasteiger partial charge is 0.287 e. The molecule has 0 aliphatic carbocycles. The van der Waals surface area contributed by atoms with E-state index in [4.69, 9.17) is 16.0 Å². The van der Waals surface area contributed by atoms with Crippen molar-refractivity contribution in [2.75, 3.05) is 43.4 Å². The molecular weight excluding hydrogens is 440 g/mol. The summed E-state index contributed by atoms with van der Waals surface area (Å²) in [7, 11) is -3.49. The topological polar surface area (TPSA) is 95.8 Å². The number of carbonyl (C=O) groups is 1. The molecule has 0 bridgehead atoms. The largest absolute Gasteiger partial charge is 0.449 e. The molecule has 1 aliphatic heterocycles. The average molecular weight is 463 g/mol. The number of amides is 1. The Balaban J connectivity index is 1.33. The van der Waals surface area contributed by atoms with Crippen LogP contribution in [0.4, 0.5) is 5.82 Å². The number of rotatable bonds is 6. The molecule has 8 nitrogen and oxygen atoms in total. The number of furan rings is 1. The van der Waals surface area contributed by atoms with Gasteiger partial charge in [0.05, 0.1) is 10.8 Å². The summed E-state index contributed by atoms with van der Waals surface area (Å²) in [6, 6.07) is 11.0. The number of benzene rings is 1. The van der Waals surface area contributed by atoms with E-state index in [1.165, 1.54) is 4.31 Å². The second kappa shape index (κ2) is 8.86. The van der Waals surface area contributed by atoms with Crippen LogP contribution in [0, 0.1) is 6.92 Å². The number of hydrogen-bond acceptors (Lipinski definition) is 6. The molecule has 1 saturated heterocycles. The lowest BCUT2D eigenvalue weighted by Gasteiger charge is -2.34. The zero-order valence-corrected chi connectivity index (χ0v) is 18.6. The Labute approximate surface area is 185 Å². The van der Waals surface area contributed by atoms with E-state index in [0.717, 1.165) is 11.2 Å². The van der Waals surface area contributed by atoms with Gasteiger partial charge in [-0.2, -0.15) is 4.31 Å². The van der Waals surface area contributed by atoms with Crippen molar-refractivity contribution >= 4 is 44.3 Å². The van der Waals surface area contributed by atoms with Gasteiger partial charge >= 0.3 is 0 Å². The molecule has 1 amide bonds. The molecule has 0 radical (unpaired) electrons. The SMILES string of the molecule is Cc1c(C(=O)NCCS(=O)(=O)N2CCN(c3ccccn3)CC2)oc2c(Cl)cccc12. The Morgan fingerprint density at radius 2 is 1.94 bits per heavy atom. The van der Waals surface area contributed by atoms with Crippen molar-refractivity contribution in [2.24, 2.45) is 0 Å². The first kappa shape index (κ1) is 21.6. The van der Waals surface area contributed by atoms with Gasteiger partial charge in [0.1, 0.15) is 5.82 Å². The van der Waals surface area contributed by atoms with Crippen LogP contribution in [0.1, 0.15) is 16.1 Å². The Morgan fingerprint density at radius 3 is 2.61 bits per heavy atom. The zero-order valence-electron chi connectivity index (χ0n) is 17.0. The maximum absolute atomic E-state index is 12.7. The van der Waals surface area contributed by atoms with E-state index in [9.17, 15) is 13.2 Å². The number of aromatic nitrogens is 1. The van der Waals surface area contributed by atoms with Crippen LogP contribution in [0.5, 0.6) is 0 Å². The maximum atomic E-state index is 12.7. The molecule has 4 rings (SSSR count). The maximum Gasteiger partial charge on any atom is 0.287 e. The summed E-state index contributed by atoms with van der Waals surface area (Å²) in [5, 5.41) is 3.83. The molecule has 1 N–H and O–H groups in total. The highest BCUT2D eigenvalue weighted by atomic mass is 35.5. The lowest BCUT2D eigenvalue weighted by Crippen LogP contribution is -2.50. The van der Waals surface area contributed by atoms with E-state index in [1.54, 1.807) is 25.3 Å². The third-order valence-corrected chi connectivity index (χ3v) is 7.54. The lowest BCUT2D eigenvalue weighted by molar-refractivity contribution is 0.0929. The van der Waals surface area contributed by atoms with Crippen molar-refractivity contribution in [3.8, 4) is 0 Å². The monoisotopic (exact) mass is 462 g/mol. The molecule has 31 heavy (non-hydrogen) atoms. The Hall–Kier alpha value is -2.62. The minimum Gasteiger partial charge on any atom is -0.449 e. The van der Waals surface area contributed by atoms with Crippen molar-refractivity contribution in [1.29, 1.82) is 0 Å². The van der Waals surface area contributed by atoms with Gasteiger partial charge in [-0.3, -0.25) is 4.79 Å². The quantitative estimate of drug-likeness (QED) is 0.605. The Kier molecular flexibility index (Phi) is 6.17. The first-order valence-corrected chi connectivity index (χ1v) is 11.9. The number of piperazine rings is 1. The zero-order chi connectivity index (χ0) is 22.0. The van der Waals surface area contributed by atoms with Crippen molar-refractivity contribution in [2.45, 2.75) is 6.92 Å². The van der Waals surface area contributed by atoms with Gasteiger partial charge in [-0.05, 0) is 25.1 Å². The highest BCUT2D eigenvalue weighted by Crippen LogP contribution is 2.30. The number of hydrogen-bond donors (Lipinski definition) is 1. The highest BCUT2D eigenvalue weighted by Gasteiger charge is 2.27. The molecule has 0 saturated carbocycles. The van der Waals surface area contributed by atoms with Crippen LogP contribution < -0.4 is 10.2 Å². The molecule has 1 fully saturated rings. The fourth-order valence-electron chi connectivity index (χ4n) is 3.66. The van der Waals surface area contributed by atoms with Gasteiger partial charge in [0.2, 0.25) is 10.0 Å². The van der Waals surface area contributed by atoms with E-state index in [2.05, 4.69) is 15.2 Å². The highest BCUT2D eigenvalue weighted by molar-refractivity contribution is 7.89. The van der Waals surface area contributed by atoms with Crippen LogP contribution in [0.15, 0.2) is 47.0 Å². The fraction of sp³-hybridized carbons (Fsp3) is 0.333. The number of nitrogens with zero attached hydrogens (tertiary/aromatic N) is 3. The van der Waals surface area contributed by atoms with Crippen LogP contribution in [-0.4, -0.2) is 62.1 Å². The Bertz CT molecular complexity index is 1190. The van der Waals surface area contributed by atoms with Crippen molar-refractivity contribution < 1.29 is 17.6 Å². The summed E-state index contributed by atoms with van der Waals surface area (Å²) < 4.78 is 32.5. The number of aryl methyl sites for hydroxylation is 1. The summed E-state index contributed by atoms with van der Waals surface area (Å²) in [5.41, 5.74) is 1.12. The van der Waals surface area contributed by atoms with Crippen LogP contribution in [-0.2, 0) is 10.0 Å². The fourth-order valence-corrected chi connectivity index (χ4v) is 5.22. The number of carbonyl (C=O) groups excluding carboxylic acids is 1. The van der Waals surface area contributed by atoms with E-state index in [1.807, 2.05) is 24.3 Å². The summed E-state index contributed by atoms with van der Waals surface area (Å²) in [4.78, 5) is 18.9. The molecule has 0 unspecified atom stereocenters. The standard InChI is InChI=1S/C21H23ClN4O4S/c1-15-16-5-4-6-17(22)20(16)30-19(15)21(27)24-9-14-31(28,29)26-12-10-25(11-13-26)18-7-2-3-8-23-18/h2-8H,9-14H2,1H3,(H,24,27). The van der Waals surface area contributed by atoms with Crippen LogP contribution in [0.3, 0.4) is 0 Å². The van der Waals surface area contributed by atoms with E-state index in [0.29, 0.717) is 42.3 Å². The predicted octanol–water partition coefficient (Wildman–Crippen LogP) is 2.67. The number of para-hydroxylation sites is 1. The second-order valence-corrected chi connectivity index (χ2v) is 9.81. The van der Waals surface area contributed by atoms with Crippen molar-refractivity contribution in [3.63, 3.8) is 0 Å². The van der Waals surface area contributed by atoms with E-state index >= 15 is 0 Å². The molecule has 1 aromatic carbocycles. The van der Waals surface area contributed by atoms with Crippen LogP contribution >= 0.6 is 11.6 Å². The van der Waals surface area contributed by atoms with Gasteiger partial charge in [0, 0.05) is 49.9 Å². The molecule has 3 aromatic rings. The van der Waals surface area contributed by atoms with Gasteiger partial charge < -0.3 is 14.6 Å². The molecule has 3 heterocycles. The second-order valence-electron chi connectivity index (χ2n) is 7.32. The lowest BCUT2D eigenvalue weighted by atomic mass is 10.1. The predicted molar refractivity (Wildman–Crippen MR) is 120 cm³/mol. The number of halogens is 1.